The molecule has 0 fully saturated rings. The largest absolute Gasteiger partial charge is 0.504 e. The summed E-state index contributed by atoms with van der Waals surface area (Å²) in [6.07, 6.45) is -2.30. The van der Waals surface area contributed by atoms with Crippen LogP contribution in [0.2, 0.25) is 0 Å². The standard InChI is InChI=1S/C7H8O7/c8-2-1(7(13)14)3(9)5(11)6(12)4(2)10/h7-14H. The lowest BCUT2D eigenvalue weighted by atomic mass is 10.1. The maximum Gasteiger partial charge on any atom is 0.208 e. The van der Waals surface area contributed by atoms with Gasteiger partial charge in [0.05, 0.1) is 5.56 Å². The number of hydrogen-bond donors (Lipinski definition) is 7. The molecular weight excluding hydrogens is 196 g/mol. The zero-order valence-corrected chi connectivity index (χ0v) is 6.71. The Balaban J connectivity index is 3.60. The number of hydrogen-bond acceptors (Lipinski definition) is 7. The highest BCUT2D eigenvalue weighted by atomic mass is 16.5. The fourth-order valence-electron chi connectivity index (χ4n) is 0.948. The zero-order valence-electron chi connectivity index (χ0n) is 6.71. The van der Waals surface area contributed by atoms with E-state index in [0.717, 1.165) is 0 Å². The molecule has 14 heavy (non-hydrogen) atoms. The summed E-state index contributed by atoms with van der Waals surface area (Å²) < 4.78 is 0. The second-order valence-electron chi connectivity index (χ2n) is 2.53. The van der Waals surface area contributed by atoms with E-state index in [4.69, 9.17) is 35.7 Å². The second-order valence-corrected chi connectivity index (χ2v) is 2.53. The lowest BCUT2D eigenvalue weighted by molar-refractivity contribution is -0.0457. The van der Waals surface area contributed by atoms with Crippen molar-refractivity contribution < 1.29 is 35.7 Å². The Morgan fingerprint density at radius 2 is 0.857 bits per heavy atom. The van der Waals surface area contributed by atoms with Gasteiger partial charge in [0, 0.05) is 0 Å². The Bertz CT molecular complexity index is 342. The second kappa shape index (κ2) is 3.13. The summed E-state index contributed by atoms with van der Waals surface area (Å²) in [5, 5.41) is 62.2. The Kier molecular flexibility index (Phi) is 2.28. The molecule has 0 aromatic heterocycles. The zero-order chi connectivity index (χ0) is 11.0. The van der Waals surface area contributed by atoms with Crippen molar-refractivity contribution in [2.75, 3.05) is 0 Å². The summed E-state index contributed by atoms with van der Waals surface area (Å²) in [5.74, 6) is -5.68. The third kappa shape index (κ3) is 1.24. The van der Waals surface area contributed by atoms with Crippen LogP contribution in [0.1, 0.15) is 11.9 Å². The van der Waals surface area contributed by atoms with Crippen molar-refractivity contribution in [3.05, 3.63) is 5.56 Å². The molecule has 78 valence electrons. The van der Waals surface area contributed by atoms with E-state index in [0.29, 0.717) is 0 Å². The smallest absolute Gasteiger partial charge is 0.208 e. The van der Waals surface area contributed by atoms with Gasteiger partial charge in [0.1, 0.15) is 0 Å². The molecule has 0 unspecified atom stereocenters. The average Bonchev–Trinajstić information content (AvgIpc) is 2.11. The van der Waals surface area contributed by atoms with Crippen molar-refractivity contribution in [3.8, 4) is 28.7 Å². The number of phenols is 5. The van der Waals surface area contributed by atoms with Gasteiger partial charge >= 0.3 is 0 Å². The molecule has 0 aliphatic heterocycles. The van der Waals surface area contributed by atoms with Gasteiger partial charge in [0.15, 0.2) is 17.8 Å². The Labute approximate surface area is 77.4 Å². The minimum absolute atomic E-state index is 0.891. The van der Waals surface area contributed by atoms with Crippen LogP contribution in [-0.2, 0) is 0 Å². The van der Waals surface area contributed by atoms with Crippen molar-refractivity contribution in [2.24, 2.45) is 0 Å². The SMILES string of the molecule is Oc1c(O)c(O)c(C(O)O)c(O)c1O. The van der Waals surface area contributed by atoms with E-state index < -0.39 is 40.6 Å². The molecule has 0 amide bonds. The number of aliphatic hydroxyl groups excluding tert-OH is 1. The van der Waals surface area contributed by atoms with Crippen LogP contribution in [0.3, 0.4) is 0 Å². The molecule has 0 spiro atoms. The minimum atomic E-state index is -2.30. The van der Waals surface area contributed by atoms with Gasteiger partial charge in [-0.15, -0.1) is 0 Å². The van der Waals surface area contributed by atoms with E-state index >= 15 is 0 Å². The monoisotopic (exact) mass is 204 g/mol. The van der Waals surface area contributed by atoms with Gasteiger partial charge in [-0.1, -0.05) is 0 Å². The molecule has 0 saturated heterocycles. The van der Waals surface area contributed by atoms with Gasteiger partial charge in [-0.2, -0.15) is 0 Å². The quantitative estimate of drug-likeness (QED) is 0.180. The van der Waals surface area contributed by atoms with Crippen molar-refractivity contribution >= 4 is 0 Å². The van der Waals surface area contributed by atoms with Gasteiger partial charge in [-0.25, -0.2) is 0 Å². The average molecular weight is 204 g/mol. The van der Waals surface area contributed by atoms with Gasteiger partial charge in [0.2, 0.25) is 17.2 Å². The summed E-state index contributed by atoms with van der Waals surface area (Å²) >= 11 is 0. The first kappa shape index (κ1) is 10.2. The summed E-state index contributed by atoms with van der Waals surface area (Å²) in [7, 11) is 0. The molecule has 0 bridgehead atoms. The molecule has 7 nitrogen and oxygen atoms in total. The molecule has 0 atom stereocenters. The fourth-order valence-corrected chi connectivity index (χ4v) is 0.948. The van der Waals surface area contributed by atoms with Crippen LogP contribution in [0.15, 0.2) is 0 Å². The first-order valence-electron chi connectivity index (χ1n) is 3.42. The Morgan fingerprint density at radius 1 is 0.571 bits per heavy atom. The Hall–Kier alpha value is -1.86. The van der Waals surface area contributed by atoms with E-state index in [2.05, 4.69) is 0 Å². The molecular formula is C7H8O7. The van der Waals surface area contributed by atoms with Crippen molar-refractivity contribution in [1.82, 2.24) is 0 Å². The van der Waals surface area contributed by atoms with Crippen molar-refractivity contribution in [1.29, 1.82) is 0 Å². The number of rotatable bonds is 1. The molecule has 0 heterocycles. The maximum atomic E-state index is 9.05. The van der Waals surface area contributed by atoms with Crippen LogP contribution in [-0.4, -0.2) is 35.7 Å². The van der Waals surface area contributed by atoms with E-state index in [-0.39, 0.29) is 0 Å². The summed E-state index contributed by atoms with van der Waals surface area (Å²) in [5.41, 5.74) is -0.891. The summed E-state index contributed by atoms with van der Waals surface area (Å²) in [6.45, 7) is 0. The molecule has 1 aromatic carbocycles. The van der Waals surface area contributed by atoms with Gasteiger partial charge in [-0.05, 0) is 0 Å². The number of aromatic hydroxyl groups is 5. The van der Waals surface area contributed by atoms with Crippen LogP contribution in [0.4, 0.5) is 0 Å². The van der Waals surface area contributed by atoms with Crippen LogP contribution in [0, 0.1) is 0 Å². The molecule has 0 radical (unpaired) electrons. The third-order valence-electron chi connectivity index (χ3n) is 1.67. The normalized spacial score (nSPS) is 10.8. The third-order valence-corrected chi connectivity index (χ3v) is 1.67. The molecule has 0 saturated carbocycles. The van der Waals surface area contributed by atoms with Gasteiger partial charge in [0.25, 0.3) is 0 Å². The van der Waals surface area contributed by atoms with E-state index in [1.807, 2.05) is 0 Å². The highest BCUT2D eigenvalue weighted by Crippen LogP contribution is 2.52. The number of aliphatic hydroxyl groups is 2. The molecule has 7 heteroatoms. The highest BCUT2D eigenvalue weighted by Gasteiger charge is 2.26. The predicted molar refractivity (Wildman–Crippen MR) is 41.9 cm³/mol. The molecule has 1 aromatic rings. The topological polar surface area (TPSA) is 142 Å². The first-order chi connectivity index (χ1) is 6.37. The molecule has 0 aliphatic rings. The lowest BCUT2D eigenvalue weighted by Gasteiger charge is -2.12. The van der Waals surface area contributed by atoms with Gasteiger partial charge < -0.3 is 35.7 Å². The lowest BCUT2D eigenvalue weighted by Crippen LogP contribution is -1.96. The van der Waals surface area contributed by atoms with Gasteiger partial charge in [-0.3, -0.25) is 0 Å². The van der Waals surface area contributed by atoms with E-state index in [1.165, 1.54) is 0 Å². The highest BCUT2D eigenvalue weighted by molar-refractivity contribution is 5.67. The number of benzene rings is 1. The fraction of sp³-hybridized carbons (Fsp3) is 0.143. The Morgan fingerprint density at radius 3 is 1.14 bits per heavy atom. The summed E-state index contributed by atoms with van der Waals surface area (Å²) in [6, 6.07) is 0. The molecule has 0 aliphatic carbocycles. The van der Waals surface area contributed by atoms with Crippen LogP contribution >= 0.6 is 0 Å². The van der Waals surface area contributed by atoms with E-state index in [9.17, 15) is 0 Å². The number of phenolic OH excluding ortho intramolecular Hbond substituents is 5. The van der Waals surface area contributed by atoms with E-state index in [1.54, 1.807) is 0 Å². The summed E-state index contributed by atoms with van der Waals surface area (Å²) in [4.78, 5) is 0. The van der Waals surface area contributed by atoms with Crippen LogP contribution in [0.5, 0.6) is 28.7 Å². The van der Waals surface area contributed by atoms with Crippen LogP contribution in [0.25, 0.3) is 0 Å². The maximum absolute atomic E-state index is 9.05. The minimum Gasteiger partial charge on any atom is -0.504 e. The predicted octanol–water partition coefficient (Wildman–Crippen LogP) is -0.802. The van der Waals surface area contributed by atoms with Crippen molar-refractivity contribution in [3.63, 3.8) is 0 Å². The van der Waals surface area contributed by atoms with Crippen molar-refractivity contribution in [2.45, 2.75) is 6.29 Å². The molecule has 7 N–H and O–H groups in total. The van der Waals surface area contributed by atoms with Crippen LogP contribution < -0.4 is 0 Å². The molecule has 1 rings (SSSR count). The first-order valence-corrected chi connectivity index (χ1v) is 3.42.